The van der Waals surface area contributed by atoms with Crippen LogP contribution >= 0.6 is 0 Å². The SMILES string of the molecule is [C-]#[N+]c1cnn2c1NC(COC)=C(CCC)C2OC. The summed E-state index contributed by atoms with van der Waals surface area (Å²) in [4.78, 5) is 3.46. The van der Waals surface area contributed by atoms with Crippen molar-refractivity contribution in [2.75, 3.05) is 26.1 Å². The molecule has 1 aliphatic heterocycles. The van der Waals surface area contributed by atoms with Gasteiger partial charge in [-0.05, 0) is 6.42 Å². The predicted molar refractivity (Wildman–Crippen MR) is 72.0 cm³/mol. The Kier molecular flexibility index (Phi) is 4.20. The second-order valence-electron chi connectivity index (χ2n) is 4.33. The third-order valence-electron chi connectivity index (χ3n) is 3.11. The van der Waals surface area contributed by atoms with Crippen LogP contribution in [0.4, 0.5) is 11.5 Å². The van der Waals surface area contributed by atoms with Gasteiger partial charge in [0.1, 0.15) is 5.82 Å². The lowest BCUT2D eigenvalue weighted by Gasteiger charge is -2.30. The minimum atomic E-state index is -0.267. The summed E-state index contributed by atoms with van der Waals surface area (Å²) in [5.41, 5.74) is 2.58. The Hall–Kier alpha value is -1.84. The molecule has 0 bridgehead atoms. The summed E-state index contributed by atoms with van der Waals surface area (Å²) in [6.45, 7) is 9.75. The molecule has 0 radical (unpaired) electrons. The first-order valence-corrected chi connectivity index (χ1v) is 6.22. The number of nitrogens with one attached hydrogen (secondary N) is 1. The monoisotopic (exact) mass is 262 g/mol. The highest BCUT2D eigenvalue weighted by Gasteiger charge is 2.29. The number of hydrogen-bond donors (Lipinski definition) is 1. The number of methoxy groups -OCH3 is 2. The van der Waals surface area contributed by atoms with E-state index in [1.807, 2.05) is 0 Å². The van der Waals surface area contributed by atoms with Crippen molar-refractivity contribution in [1.82, 2.24) is 9.78 Å². The lowest BCUT2D eigenvalue weighted by molar-refractivity contribution is 0.0589. The van der Waals surface area contributed by atoms with E-state index in [2.05, 4.69) is 22.2 Å². The maximum absolute atomic E-state index is 7.17. The van der Waals surface area contributed by atoms with Crippen LogP contribution in [0.15, 0.2) is 17.5 Å². The van der Waals surface area contributed by atoms with Crippen LogP contribution in [0, 0.1) is 6.57 Å². The van der Waals surface area contributed by atoms with Gasteiger partial charge in [0, 0.05) is 25.5 Å². The number of rotatable bonds is 5. The van der Waals surface area contributed by atoms with E-state index in [1.54, 1.807) is 25.1 Å². The average molecular weight is 262 g/mol. The average Bonchev–Trinajstić information content (AvgIpc) is 2.82. The van der Waals surface area contributed by atoms with Crippen LogP contribution in [0.1, 0.15) is 26.0 Å². The van der Waals surface area contributed by atoms with Crippen molar-refractivity contribution in [3.63, 3.8) is 0 Å². The zero-order chi connectivity index (χ0) is 13.8. The normalized spacial score (nSPS) is 17.9. The number of nitrogens with zero attached hydrogens (tertiary/aromatic N) is 3. The zero-order valence-corrected chi connectivity index (χ0v) is 11.4. The molecule has 1 N–H and O–H groups in total. The highest BCUT2D eigenvalue weighted by atomic mass is 16.5. The molecule has 1 aromatic rings. The largest absolute Gasteiger partial charge is 0.378 e. The minimum Gasteiger partial charge on any atom is -0.378 e. The summed E-state index contributed by atoms with van der Waals surface area (Å²) in [6.07, 6.45) is 3.20. The van der Waals surface area contributed by atoms with E-state index in [0.29, 0.717) is 18.1 Å². The van der Waals surface area contributed by atoms with Gasteiger partial charge in [-0.25, -0.2) is 9.53 Å². The van der Waals surface area contributed by atoms with Gasteiger partial charge in [0.2, 0.25) is 5.69 Å². The minimum absolute atomic E-state index is 0.267. The Bertz CT molecular complexity index is 527. The van der Waals surface area contributed by atoms with E-state index in [-0.39, 0.29) is 6.23 Å². The molecule has 0 amide bonds. The topological polar surface area (TPSA) is 52.7 Å². The Morgan fingerprint density at radius 3 is 2.89 bits per heavy atom. The van der Waals surface area contributed by atoms with E-state index < -0.39 is 0 Å². The van der Waals surface area contributed by atoms with Crippen LogP contribution in [0.2, 0.25) is 0 Å². The maximum Gasteiger partial charge on any atom is 0.247 e. The third kappa shape index (κ3) is 2.35. The second kappa shape index (κ2) is 5.87. The lowest BCUT2D eigenvalue weighted by Crippen LogP contribution is -2.27. The first kappa shape index (κ1) is 13.6. The summed E-state index contributed by atoms with van der Waals surface area (Å²) in [7, 11) is 3.31. The Labute approximate surface area is 112 Å². The molecule has 0 aromatic carbocycles. The number of fused-ring (bicyclic) bond motifs is 1. The third-order valence-corrected chi connectivity index (χ3v) is 3.11. The Morgan fingerprint density at radius 2 is 2.32 bits per heavy atom. The number of aromatic nitrogens is 2. The molecule has 1 aliphatic rings. The number of ether oxygens (including phenoxy) is 2. The van der Waals surface area contributed by atoms with Gasteiger partial charge in [-0.15, -0.1) is 0 Å². The van der Waals surface area contributed by atoms with Gasteiger partial charge >= 0.3 is 0 Å². The van der Waals surface area contributed by atoms with E-state index in [4.69, 9.17) is 16.0 Å². The first-order chi connectivity index (χ1) is 9.26. The van der Waals surface area contributed by atoms with Gasteiger partial charge in [-0.3, -0.25) is 0 Å². The molecule has 1 aromatic heterocycles. The quantitative estimate of drug-likeness (QED) is 0.829. The van der Waals surface area contributed by atoms with E-state index in [9.17, 15) is 0 Å². The molecule has 6 nitrogen and oxygen atoms in total. The summed E-state index contributed by atoms with van der Waals surface area (Å²) >= 11 is 0. The molecule has 2 rings (SSSR count). The molecule has 1 unspecified atom stereocenters. The van der Waals surface area contributed by atoms with Crippen molar-refractivity contribution < 1.29 is 9.47 Å². The molecule has 0 saturated heterocycles. The fourth-order valence-corrected chi connectivity index (χ4v) is 2.31. The summed E-state index contributed by atoms with van der Waals surface area (Å²) in [6, 6.07) is 0. The molecule has 102 valence electrons. The van der Waals surface area contributed by atoms with E-state index in [1.165, 1.54) is 0 Å². The molecular formula is C13H18N4O2. The van der Waals surface area contributed by atoms with Crippen molar-refractivity contribution in [3.05, 3.63) is 28.9 Å². The van der Waals surface area contributed by atoms with Gasteiger partial charge in [-0.2, -0.15) is 5.10 Å². The summed E-state index contributed by atoms with van der Waals surface area (Å²) in [5, 5.41) is 7.51. The molecule has 19 heavy (non-hydrogen) atoms. The standard InChI is InChI=1S/C13H18N4O2/c1-5-6-9-11(8-18-3)16-12-10(14-2)7-15-17(12)13(9)19-4/h7,13,16H,5-6,8H2,1,3-4H3. The van der Waals surface area contributed by atoms with Crippen LogP contribution in [0.25, 0.3) is 4.85 Å². The van der Waals surface area contributed by atoms with E-state index >= 15 is 0 Å². The Morgan fingerprint density at radius 1 is 1.53 bits per heavy atom. The van der Waals surface area contributed by atoms with Crippen molar-refractivity contribution in [3.8, 4) is 0 Å². The van der Waals surface area contributed by atoms with Crippen molar-refractivity contribution >= 4 is 11.5 Å². The van der Waals surface area contributed by atoms with Crippen molar-refractivity contribution in [2.24, 2.45) is 0 Å². The fourth-order valence-electron chi connectivity index (χ4n) is 2.31. The molecule has 0 fully saturated rings. The van der Waals surface area contributed by atoms with Crippen LogP contribution in [-0.4, -0.2) is 30.6 Å². The molecule has 0 aliphatic carbocycles. The second-order valence-corrected chi connectivity index (χ2v) is 4.33. The van der Waals surface area contributed by atoms with Gasteiger partial charge < -0.3 is 14.8 Å². The molecule has 1 atom stereocenters. The van der Waals surface area contributed by atoms with Crippen LogP contribution in [0.5, 0.6) is 0 Å². The predicted octanol–water partition coefficient (Wildman–Crippen LogP) is 2.70. The highest BCUT2D eigenvalue weighted by Crippen LogP contribution is 2.38. The van der Waals surface area contributed by atoms with Gasteiger partial charge in [0.15, 0.2) is 6.23 Å². The van der Waals surface area contributed by atoms with Crippen molar-refractivity contribution in [1.29, 1.82) is 0 Å². The van der Waals surface area contributed by atoms with Gasteiger partial charge in [0.05, 0.1) is 19.4 Å². The van der Waals surface area contributed by atoms with Crippen molar-refractivity contribution in [2.45, 2.75) is 26.0 Å². The first-order valence-electron chi connectivity index (χ1n) is 6.22. The lowest BCUT2D eigenvalue weighted by atomic mass is 10.0. The van der Waals surface area contributed by atoms with E-state index in [0.717, 1.165) is 24.1 Å². The number of anilines is 1. The summed E-state index contributed by atoms with van der Waals surface area (Å²) in [5.74, 6) is 0.675. The van der Waals surface area contributed by atoms with Crippen LogP contribution < -0.4 is 5.32 Å². The van der Waals surface area contributed by atoms with Crippen LogP contribution in [0.3, 0.4) is 0 Å². The summed E-state index contributed by atoms with van der Waals surface area (Å²) < 4.78 is 12.5. The van der Waals surface area contributed by atoms with Crippen LogP contribution in [-0.2, 0) is 9.47 Å². The zero-order valence-electron chi connectivity index (χ0n) is 11.4. The van der Waals surface area contributed by atoms with Gasteiger partial charge in [-0.1, -0.05) is 13.3 Å². The molecular weight excluding hydrogens is 244 g/mol. The number of hydrogen-bond acceptors (Lipinski definition) is 4. The fraction of sp³-hybridized carbons (Fsp3) is 0.538. The molecule has 2 heterocycles. The molecule has 6 heteroatoms. The molecule has 0 spiro atoms. The molecule has 0 saturated carbocycles. The Balaban J connectivity index is 2.47. The maximum atomic E-state index is 7.17. The smallest absolute Gasteiger partial charge is 0.247 e. The van der Waals surface area contributed by atoms with Gasteiger partial charge in [0.25, 0.3) is 0 Å². The highest BCUT2D eigenvalue weighted by molar-refractivity contribution is 5.69.